The Morgan fingerprint density at radius 2 is 1.77 bits per heavy atom. The van der Waals surface area contributed by atoms with Gasteiger partial charge in [0.1, 0.15) is 17.1 Å². The molecule has 4 aromatic rings. The Morgan fingerprint density at radius 1 is 1.07 bits per heavy atom. The molecule has 43 heavy (non-hydrogen) atoms. The van der Waals surface area contributed by atoms with Crippen molar-refractivity contribution in [2.24, 2.45) is 0 Å². The Labute approximate surface area is 254 Å². The summed E-state index contributed by atoms with van der Waals surface area (Å²) < 4.78 is 39.1. The van der Waals surface area contributed by atoms with Crippen LogP contribution in [-0.4, -0.2) is 60.3 Å². The van der Waals surface area contributed by atoms with E-state index < -0.39 is 46.4 Å². The first kappa shape index (κ1) is 32.0. The van der Waals surface area contributed by atoms with Gasteiger partial charge in [-0.1, -0.05) is 18.2 Å². The summed E-state index contributed by atoms with van der Waals surface area (Å²) in [6.07, 6.45) is 2.89. The molecule has 0 aliphatic carbocycles. The number of esters is 1. The van der Waals surface area contributed by atoms with Crippen molar-refractivity contribution in [2.75, 3.05) is 25.7 Å². The number of carboxylic acids is 1. The maximum absolute atomic E-state index is 13.9. The Balaban J connectivity index is 2.00. The number of aliphatic carboxylic acids is 1. The summed E-state index contributed by atoms with van der Waals surface area (Å²) in [5.74, 6) is -1.60. The van der Waals surface area contributed by atoms with Crippen molar-refractivity contribution in [3.05, 3.63) is 80.5 Å². The van der Waals surface area contributed by atoms with Crippen molar-refractivity contribution in [1.82, 2.24) is 13.9 Å². The highest BCUT2D eigenvalue weighted by atomic mass is 32.2. The predicted octanol–water partition coefficient (Wildman–Crippen LogP) is 2.74. The number of sulfonamides is 1. The number of fused-ring (bicyclic) bond motifs is 1. The van der Waals surface area contributed by atoms with E-state index in [4.69, 9.17) is 14.6 Å². The monoisotopic (exact) mass is 647 g/mol. The Kier molecular flexibility index (Phi) is 10.1. The molecule has 2 heterocycles. The van der Waals surface area contributed by atoms with E-state index in [1.807, 2.05) is 30.5 Å². The number of nitrogens with zero attached hydrogens (tertiary/aromatic N) is 2. The Morgan fingerprint density at radius 3 is 2.40 bits per heavy atom. The molecule has 0 radical (unpaired) electrons. The molecule has 2 aromatic carbocycles. The van der Waals surface area contributed by atoms with Crippen LogP contribution in [0.2, 0.25) is 0 Å². The van der Waals surface area contributed by atoms with E-state index >= 15 is 0 Å². The van der Waals surface area contributed by atoms with Gasteiger partial charge >= 0.3 is 17.6 Å². The molecule has 0 aliphatic heterocycles. The second-order valence-corrected chi connectivity index (χ2v) is 12.9. The lowest BCUT2D eigenvalue weighted by Crippen LogP contribution is -2.42. The second kappa shape index (κ2) is 13.6. The molecular weight excluding hydrogens is 619 g/mol. The summed E-state index contributed by atoms with van der Waals surface area (Å²) in [6, 6.07) is 13.9. The number of ether oxygens (including phenoxy) is 2. The van der Waals surface area contributed by atoms with Crippen molar-refractivity contribution >= 4 is 55.3 Å². The number of rotatable bonds is 13. The summed E-state index contributed by atoms with van der Waals surface area (Å²) in [5.41, 5.74) is 0.240. The summed E-state index contributed by atoms with van der Waals surface area (Å²) in [6.45, 7) is 0.333. The molecule has 0 saturated carbocycles. The van der Waals surface area contributed by atoms with Crippen LogP contribution in [0.1, 0.15) is 18.1 Å². The molecule has 2 N–H and O–H groups in total. The van der Waals surface area contributed by atoms with E-state index in [1.165, 1.54) is 16.3 Å². The minimum Gasteiger partial charge on any atom is -0.482 e. The summed E-state index contributed by atoms with van der Waals surface area (Å²) in [5, 5.41) is 8.99. The zero-order valence-corrected chi connectivity index (χ0v) is 25.9. The molecule has 0 fully saturated rings. The van der Waals surface area contributed by atoms with Crippen molar-refractivity contribution < 1.29 is 32.6 Å². The topological polar surface area (TPSA) is 163 Å². The predicted molar refractivity (Wildman–Crippen MR) is 165 cm³/mol. The second-order valence-electron chi connectivity index (χ2n) is 9.27. The lowest BCUT2D eigenvalue weighted by molar-refractivity contribution is -0.144. The van der Waals surface area contributed by atoms with Gasteiger partial charge in [-0.2, -0.15) is 0 Å². The maximum atomic E-state index is 13.9. The smallest absolute Gasteiger partial charge is 0.341 e. The zero-order chi connectivity index (χ0) is 31.3. The quantitative estimate of drug-likeness (QED) is 0.163. The molecule has 228 valence electrons. The van der Waals surface area contributed by atoms with Gasteiger partial charge in [0.25, 0.3) is 5.56 Å². The van der Waals surface area contributed by atoms with Crippen LogP contribution >= 0.6 is 23.1 Å². The summed E-state index contributed by atoms with van der Waals surface area (Å²) in [7, 11) is -3.69. The molecule has 0 aliphatic rings. The van der Waals surface area contributed by atoms with Gasteiger partial charge in [0, 0.05) is 21.9 Å². The molecule has 4 rings (SSSR count). The summed E-state index contributed by atoms with van der Waals surface area (Å²) >= 11 is 2.63. The molecule has 0 saturated heterocycles. The lowest BCUT2D eigenvalue weighted by atomic mass is 10.1. The van der Waals surface area contributed by atoms with Gasteiger partial charge < -0.3 is 14.6 Å². The van der Waals surface area contributed by atoms with Crippen LogP contribution in [0.25, 0.3) is 20.7 Å². The fourth-order valence-electron chi connectivity index (χ4n) is 4.39. The fraction of sp³-hybridized carbons (Fsp3) is 0.286. The van der Waals surface area contributed by atoms with Crippen molar-refractivity contribution in [1.29, 1.82) is 0 Å². The van der Waals surface area contributed by atoms with E-state index in [-0.39, 0.29) is 25.1 Å². The van der Waals surface area contributed by atoms with Crippen LogP contribution in [0.15, 0.2) is 63.0 Å². The van der Waals surface area contributed by atoms with Gasteiger partial charge in [-0.25, -0.2) is 27.3 Å². The lowest BCUT2D eigenvalue weighted by Gasteiger charge is -2.14. The van der Waals surface area contributed by atoms with Gasteiger partial charge in [0.05, 0.1) is 24.8 Å². The molecule has 0 unspecified atom stereocenters. The van der Waals surface area contributed by atoms with Gasteiger partial charge in [-0.05, 0) is 54.6 Å². The van der Waals surface area contributed by atoms with Gasteiger partial charge in [-0.3, -0.25) is 14.2 Å². The van der Waals surface area contributed by atoms with Crippen molar-refractivity contribution in [3.8, 4) is 16.2 Å². The number of benzene rings is 2. The maximum Gasteiger partial charge on any atom is 0.341 e. The highest BCUT2D eigenvalue weighted by Gasteiger charge is 2.25. The highest BCUT2D eigenvalue weighted by molar-refractivity contribution is 7.98. The third-order valence-corrected chi connectivity index (χ3v) is 9.07. The van der Waals surface area contributed by atoms with Crippen molar-refractivity contribution in [2.45, 2.75) is 31.5 Å². The number of carboxylic acid groups (broad SMARTS) is 1. The Hall–Kier alpha value is -3.92. The molecule has 0 atom stereocenters. The van der Waals surface area contributed by atoms with Crippen LogP contribution in [0.5, 0.6) is 5.75 Å². The first-order chi connectivity index (χ1) is 20.4. The molecule has 0 amide bonds. The number of thioether (sulfide) groups is 1. The Bertz CT molecular complexity index is 1890. The third kappa shape index (κ3) is 7.54. The minimum absolute atomic E-state index is 0.0589. The largest absolute Gasteiger partial charge is 0.482 e. The molecule has 15 heteroatoms. The highest BCUT2D eigenvalue weighted by Crippen LogP contribution is 2.38. The van der Waals surface area contributed by atoms with E-state index in [0.717, 1.165) is 32.6 Å². The fourth-order valence-corrected chi connectivity index (χ4v) is 6.71. The van der Waals surface area contributed by atoms with E-state index in [0.29, 0.717) is 26.6 Å². The first-order valence-corrected chi connectivity index (χ1v) is 16.8. The standard InChI is InChI=1S/C28H29N3O9S3/c1-4-39-23(34)15-30-26(35)24-20(13-29-43(3,37)38)25(17-9-11-19(12-10-17)40-16-22(32)33)42-27(24)31(28(30)36)14-18-7-5-6-8-21(18)41-2/h5-12,29H,4,13-16H2,1-3H3,(H,32,33). The molecule has 0 bridgehead atoms. The van der Waals surface area contributed by atoms with Crippen LogP contribution in [0.3, 0.4) is 0 Å². The normalized spacial score (nSPS) is 11.5. The van der Waals surface area contributed by atoms with Crippen LogP contribution in [0.4, 0.5) is 0 Å². The number of thiophene rings is 1. The number of carbonyl (C=O) groups is 2. The number of carbonyl (C=O) groups excluding carboxylic acids is 1. The van der Waals surface area contributed by atoms with Gasteiger partial charge in [-0.15, -0.1) is 23.1 Å². The van der Waals surface area contributed by atoms with E-state index in [9.17, 15) is 27.6 Å². The molecule has 0 spiro atoms. The molecule has 2 aromatic heterocycles. The summed E-state index contributed by atoms with van der Waals surface area (Å²) in [4.78, 5) is 52.8. The first-order valence-electron chi connectivity index (χ1n) is 12.9. The average Bonchev–Trinajstić information content (AvgIpc) is 3.35. The number of aromatic nitrogens is 2. The number of nitrogens with one attached hydrogen (secondary N) is 1. The SMILES string of the molecule is CCOC(=O)Cn1c(=O)c2c(CNS(C)(=O)=O)c(-c3ccc(OCC(=O)O)cc3)sc2n(Cc2ccccc2SC)c1=O. The van der Waals surface area contributed by atoms with Crippen molar-refractivity contribution in [3.63, 3.8) is 0 Å². The third-order valence-electron chi connectivity index (χ3n) is 6.26. The number of hydrogen-bond acceptors (Lipinski definition) is 10. The van der Waals surface area contributed by atoms with Crippen LogP contribution in [0, 0.1) is 0 Å². The number of hydrogen-bond donors (Lipinski definition) is 2. The molecule has 12 nitrogen and oxygen atoms in total. The van der Waals surface area contributed by atoms with Gasteiger partial charge in [0.2, 0.25) is 10.0 Å². The van der Waals surface area contributed by atoms with E-state index in [2.05, 4.69) is 4.72 Å². The van der Waals surface area contributed by atoms with E-state index in [1.54, 1.807) is 31.2 Å². The average molecular weight is 648 g/mol. The van der Waals surface area contributed by atoms with Crippen LogP contribution in [-0.2, 0) is 44.0 Å². The van der Waals surface area contributed by atoms with Crippen LogP contribution < -0.4 is 20.7 Å². The minimum atomic E-state index is -3.69. The zero-order valence-electron chi connectivity index (χ0n) is 23.5. The van der Waals surface area contributed by atoms with Gasteiger partial charge in [0.15, 0.2) is 6.61 Å². The molecular formula is C28H29N3O9S3.